The summed E-state index contributed by atoms with van der Waals surface area (Å²) >= 11 is 18.8. The van der Waals surface area contributed by atoms with Gasteiger partial charge in [0.15, 0.2) is 5.82 Å². The topological polar surface area (TPSA) is 64.5 Å². The van der Waals surface area contributed by atoms with E-state index in [2.05, 4.69) is 26.2 Å². The van der Waals surface area contributed by atoms with Crippen molar-refractivity contribution in [2.24, 2.45) is 0 Å². The number of rotatable bonds is 7. The van der Waals surface area contributed by atoms with E-state index in [9.17, 15) is 5.11 Å². The molecule has 6 nitrogen and oxygen atoms in total. The molecule has 2 aliphatic rings. The minimum absolute atomic E-state index is 0.0981. The van der Waals surface area contributed by atoms with Gasteiger partial charge in [-0.1, -0.05) is 46.9 Å². The Hall–Kier alpha value is -1.41. The summed E-state index contributed by atoms with van der Waals surface area (Å²) < 4.78 is 0. The summed E-state index contributed by atoms with van der Waals surface area (Å²) in [7, 11) is 0. The van der Waals surface area contributed by atoms with Gasteiger partial charge in [0, 0.05) is 42.3 Å². The van der Waals surface area contributed by atoms with Crippen molar-refractivity contribution in [3.63, 3.8) is 0 Å². The SMILES string of the molecule is C[C@@H](Nc1nc(C2=CCN([C@H]3CCCN(CCO)C3)CC2)ncc1Cl)c1ccc(Cl)cc1Cl. The fourth-order valence-corrected chi connectivity index (χ4v) is 5.37. The fraction of sp³-hybridized carbons (Fsp3) is 0.500. The summed E-state index contributed by atoms with van der Waals surface area (Å²) in [4.78, 5) is 14.1. The van der Waals surface area contributed by atoms with Crippen molar-refractivity contribution >= 4 is 46.2 Å². The molecule has 1 aromatic heterocycles. The number of β-amino-alcohol motifs (C(OH)–C–C–N with tert-alkyl or cyclic N) is 1. The van der Waals surface area contributed by atoms with E-state index < -0.39 is 0 Å². The van der Waals surface area contributed by atoms with Crippen LogP contribution in [-0.2, 0) is 0 Å². The van der Waals surface area contributed by atoms with Crippen LogP contribution >= 0.6 is 34.8 Å². The van der Waals surface area contributed by atoms with Gasteiger partial charge in [0.2, 0.25) is 0 Å². The standard InChI is InChI=1S/C24H30Cl3N5O/c1-16(20-5-4-18(25)13-21(20)26)29-24-22(27)14-28-23(30-24)17-6-9-32(10-7-17)19-3-2-8-31(15-19)11-12-33/h4-6,13-14,16,19,33H,2-3,7-12,15H2,1H3,(H,28,29,30)/t16-,19+/m1/s1. The molecule has 3 heterocycles. The Labute approximate surface area is 210 Å². The molecule has 1 fully saturated rings. The zero-order valence-corrected chi connectivity index (χ0v) is 21.0. The van der Waals surface area contributed by atoms with Gasteiger partial charge in [-0.05, 0) is 56.0 Å². The van der Waals surface area contributed by atoms with E-state index in [4.69, 9.17) is 39.8 Å². The second kappa shape index (κ2) is 11.3. The first-order valence-corrected chi connectivity index (χ1v) is 12.6. The quantitative estimate of drug-likeness (QED) is 0.537. The van der Waals surface area contributed by atoms with E-state index in [1.165, 1.54) is 12.8 Å². The summed E-state index contributed by atoms with van der Waals surface area (Å²) in [5, 5.41) is 14.3. The van der Waals surface area contributed by atoms with Crippen molar-refractivity contribution in [1.82, 2.24) is 19.8 Å². The van der Waals surface area contributed by atoms with E-state index in [-0.39, 0.29) is 12.6 Å². The predicted octanol–water partition coefficient (Wildman–Crippen LogP) is 5.16. The number of halogens is 3. The molecule has 0 saturated carbocycles. The Morgan fingerprint density at radius 3 is 2.79 bits per heavy atom. The van der Waals surface area contributed by atoms with Crippen LogP contribution in [0.15, 0.2) is 30.5 Å². The van der Waals surface area contributed by atoms with E-state index in [1.54, 1.807) is 12.3 Å². The van der Waals surface area contributed by atoms with Crippen LogP contribution in [-0.4, -0.2) is 70.2 Å². The van der Waals surface area contributed by atoms with Crippen LogP contribution in [0.1, 0.15) is 43.6 Å². The van der Waals surface area contributed by atoms with Gasteiger partial charge in [-0.3, -0.25) is 9.80 Å². The van der Waals surface area contributed by atoms with Gasteiger partial charge >= 0.3 is 0 Å². The van der Waals surface area contributed by atoms with Gasteiger partial charge in [-0.2, -0.15) is 0 Å². The number of piperidine rings is 1. The zero-order chi connectivity index (χ0) is 23.4. The van der Waals surface area contributed by atoms with Crippen LogP contribution in [0, 0.1) is 0 Å². The highest BCUT2D eigenvalue weighted by atomic mass is 35.5. The van der Waals surface area contributed by atoms with Gasteiger partial charge < -0.3 is 10.4 Å². The Kier molecular flexibility index (Phi) is 8.49. The van der Waals surface area contributed by atoms with Crippen molar-refractivity contribution in [2.75, 3.05) is 44.6 Å². The van der Waals surface area contributed by atoms with Crippen LogP contribution in [0.3, 0.4) is 0 Å². The molecular weight excluding hydrogens is 481 g/mol. The summed E-state index contributed by atoms with van der Waals surface area (Å²) in [5.41, 5.74) is 2.07. The molecule has 0 bridgehead atoms. The number of hydrogen-bond donors (Lipinski definition) is 2. The Morgan fingerprint density at radius 1 is 1.21 bits per heavy atom. The number of aromatic nitrogens is 2. The molecule has 2 aromatic rings. The Bertz CT molecular complexity index is 1000. The van der Waals surface area contributed by atoms with Crippen LogP contribution in [0.4, 0.5) is 5.82 Å². The minimum Gasteiger partial charge on any atom is -0.395 e. The maximum atomic E-state index is 9.26. The average Bonchev–Trinajstić information content (AvgIpc) is 2.81. The monoisotopic (exact) mass is 509 g/mol. The number of likely N-dealkylation sites (tertiary alicyclic amines) is 1. The number of nitrogens with one attached hydrogen (secondary N) is 1. The van der Waals surface area contributed by atoms with Gasteiger partial charge in [0.25, 0.3) is 0 Å². The van der Waals surface area contributed by atoms with Crippen molar-refractivity contribution in [2.45, 2.75) is 38.3 Å². The maximum absolute atomic E-state index is 9.26. The van der Waals surface area contributed by atoms with Crippen LogP contribution in [0.5, 0.6) is 0 Å². The number of aliphatic hydroxyl groups is 1. The third-order valence-electron chi connectivity index (χ3n) is 6.47. The van der Waals surface area contributed by atoms with Crippen LogP contribution in [0.2, 0.25) is 15.1 Å². The average molecular weight is 511 g/mol. The molecule has 1 aromatic carbocycles. The lowest BCUT2D eigenvalue weighted by molar-refractivity contribution is 0.0914. The fourth-order valence-electron chi connectivity index (χ4n) is 4.65. The smallest absolute Gasteiger partial charge is 0.157 e. The second-order valence-corrected chi connectivity index (χ2v) is 9.97. The van der Waals surface area contributed by atoms with Crippen molar-refractivity contribution in [3.8, 4) is 0 Å². The largest absolute Gasteiger partial charge is 0.395 e. The molecule has 178 valence electrons. The van der Waals surface area contributed by atoms with Gasteiger partial charge in [0.05, 0.1) is 18.8 Å². The summed E-state index contributed by atoms with van der Waals surface area (Å²) in [6.45, 7) is 6.98. The normalized spacial score (nSPS) is 21.0. The van der Waals surface area contributed by atoms with Crippen LogP contribution in [0.25, 0.3) is 5.57 Å². The lowest BCUT2D eigenvalue weighted by atomic mass is 10.00. The molecule has 4 rings (SSSR count). The van der Waals surface area contributed by atoms with E-state index in [1.807, 2.05) is 19.1 Å². The number of nitrogens with zero attached hydrogens (tertiary/aromatic N) is 4. The molecule has 1 saturated heterocycles. The molecular formula is C24H30Cl3N5O. The lowest BCUT2D eigenvalue weighted by Gasteiger charge is -2.40. The number of anilines is 1. The Balaban J connectivity index is 1.43. The third-order valence-corrected chi connectivity index (χ3v) is 7.31. The molecule has 2 aliphatic heterocycles. The molecule has 0 amide bonds. The zero-order valence-electron chi connectivity index (χ0n) is 18.8. The van der Waals surface area contributed by atoms with E-state index in [0.717, 1.165) is 50.3 Å². The second-order valence-electron chi connectivity index (χ2n) is 8.72. The highest BCUT2D eigenvalue weighted by molar-refractivity contribution is 6.35. The minimum atomic E-state index is -0.0981. The van der Waals surface area contributed by atoms with Crippen molar-refractivity contribution in [3.05, 3.63) is 56.9 Å². The molecule has 33 heavy (non-hydrogen) atoms. The summed E-state index contributed by atoms with van der Waals surface area (Å²) in [5.74, 6) is 1.30. The Morgan fingerprint density at radius 2 is 2.06 bits per heavy atom. The van der Waals surface area contributed by atoms with Gasteiger partial charge in [-0.15, -0.1) is 0 Å². The molecule has 0 aliphatic carbocycles. The molecule has 0 unspecified atom stereocenters. The summed E-state index contributed by atoms with van der Waals surface area (Å²) in [6, 6.07) is 5.90. The van der Waals surface area contributed by atoms with Crippen molar-refractivity contribution < 1.29 is 5.11 Å². The lowest BCUT2D eigenvalue weighted by Crippen LogP contribution is -2.49. The first-order valence-electron chi connectivity index (χ1n) is 11.4. The molecule has 0 radical (unpaired) electrons. The number of benzene rings is 1. The third kappa shape index (κ3) is 6.18. The van der Waals surface area contributed by atoms with Gasteiger partial charge in [0.1, 0.15) is 10.8 Å². The maximum Gasteiger partial charge on any atom is 0.157 e. The van der Waals surface area contributed by atoms with E-state index in [0.29, 0.717) is 32.8 Å². The predicted molar refractivity (Wildman–Crippen MR) is 136 cm³/mol. The number of aliphatic hydroxyl groups excluding tert-OH is 1. The number of hydrogen-bond acceptors (Lipinski definition) is 6. The molecule has 9 heteroatoms. The van der Waals surface area contributed by atoms with E-state index >= 15 is 0 Å². The molecule has 2 N–H and O–H groups in total. The highest BCUT2D eigenvalue weighted by Crippen LogP contribution is 2.31. The van der Waals surface area contributed by atoms with Crippen LogP contribution < -0.4 is 5.32 Å². The first kappa shape index (κ1) is 24.7. The van der Waals surface area contributed by atoms with Crippen molar-refractivity contribution in [1.29, 1.82) is 0 Å². The molecule has 2 atom stereocenters. The highest BCUT2D eigenvalue weighted by Gasteiger charge is 2.27. The first-order chi connectivity index (χ1) is 15.9. The molecule has 0 spiro atoms. The van der Waals surface area contributed by atoms with Gasteiger partial charge in [-0.25, -0.2) is 9.97 Å². The summed E-state index contributed by atoms with van der Waals surface area (Å²) in [6.07, 6.45) is 7.19.